The van der Waals surface area contributed by atoms with E-state index in [-0.39, 0.29) is 5.60 Å². The first kappa shape index (κ1) is 17.5. The van der Waals surface area contributed by atoms with Gasteiger partial charge in [-0.1, -0.05) is 56.5 Å². The number of nitrogens with one attached hydrogen (secondary N) is 1. The molecule has 2 heterocycles. The van der Waals surface area contributed by atoms with Crippen molar-refractivity contribution in [2.45, 2.75) is 64.5 Å². The van der Waals surface area contributed by atoms with Gasteiger partial charge in [0.25, 0.3) is 0 Å². The Morgan fingerprint density at radius 3 is 2.61 bits per heavy atom. The number of unbranched alkanes of at least 4 members (excludes halogenated alkanes) is 1. The van der Waals surface area contributed by atoms with Crippen LogP contribution in [0.1, 0.15) is 57.6 Å². The second-order valence-electron chi connectivity index (χ2n) is 8.29. The Bertz CT molecular complexity index is 571. The molecule has 2 aliphatic rings. The number of rotatable bonds is 5. The molecule has 2 aliphatic heterocycles. The maximum Gasteiger partial charge on any atom is 0.107 e. The minimum absolute atomic E-state index is 0.195. The van der Waals surface area contributed by atoms with E-state index in [2.05, 4.69) is 32.2 Å². The van der Waals surface area contributed by atoms with E-state index in [9.17, 15) is 0 Å². The molecule has 2 unspecified atom stereocenters. The monoisotopic (exact) mass is 355 g/mol. The Kier molecular flexibility index (Phi) is 5.00. The van der Waals surface area contributed by atoms with E-state index in [1.807, 2.05) is 6.07 Å². The number of aryl methyl sites for hydroxylation is 1. The average Bonchev–Trinajstić information content (AvgIpc) is 3.08. The van der Waals surface area contributed by atoms with Crippen molar-refractivity contribution < 1.29 is 4.74 Å². The quantitative estimate of drug-likeness (QED) is 0.719. The maximum atomic E-state index is 6.45. The summed E-state index contributed by atoms with van der Waals surface area (Å²) in [7, 11) is 0. The first-order valence-electron chi connectivity index (χ1n) is 8.65. The van der Waals surface area contributed by atoms with Gasteiger partial charge in [-0.2, -0.15) is 0 Å². The molecule has 23 heavy (non-hydrogen) atoms. The first-order chi connectivity index (χ1) is 10.8. The van der Waals surface area contributed by atoms with E-state index in [4.69, 9.17) is 27.9 Å². The molecule has 0 saturated carbocycles. The zero-order valence-electron chi connectivity index (χ0n) is 14.3. The first-order valence-corrected chi connectivity index (χ1v) is 9.40. The Hall–Kier alpha value is -0.280. The molecule has 2 nitrogen and oxygen atoms in total. The molecule has 0 aliphatic carbocycles. The molecule has 2 bridgehead atoms. The lowest BCUT2D eigenvalue weighted by Crippen LogP contribution is -2.37. The number of halogens is 2. The molecule has 2 fully saturated rings. The summed E-state index contributed by atoms with van der Waals surface area (Å²) in [5, 5.41) is 4.88. The predicted octanol–water partition coefficient (Wildman–Crippen LogP) is 5.34. The largest absolute Gasteiger partial charge is 0.367 e. The molecule has 2 atom stereocenters. The van der Waals surface area contributed by atoms with Crippen molar-refractivity contribution in [3.8, 4) is 0 Å². The highest BCUT2D eigenvalue weighted by Gasteiger charge is 2.47. The standard InChI is InChI=1S/C19H27Cl2NO/c1-18(2,3)7-5-4-6-13-8-14(9-16(20)17(13)21)19-10-15(11-23-19)22-12-19/h8-9,15,22H,4-7,10-12H2,1-3H3. The molecule has 0 radical (unpaired) electrons. The number of fused-ring (bicyclic) bond motifs is 2. The smallest absolute Gasteiger partial charge is 0.107 e. The molecule has 128 valence electrons. The molecule has 3 rings (SSSR count). The molecular formula is C19H27Cl2NO. The van der Waals surface area contributed by atoms with E-state index < -0.39 is 0 Å². The van der Waals surface area contributed by atoms with Gasteiger partial charge in [0.1, 0.15) is 5.60 Å². The van der Waals surface area contributed by atoms with Crippen LogP contribution in [0.4, 0.5) is 0 Å². The van der Waals surface area contributed by atoms with Gasteiger partial charge < -0.3 is 10.1 Å². The maximum absolute atomic E-state index is 6.45. The molecule has 0 aromatic heterocycles. The topological polar surface area (TPSA) is 21.3 Å². The summed E-state index contributed by atoms with van der Waals surface area (Å²) in [5.41, 5.74) is 2.55. The summed E-state index contributed by atoms with van der Waals surface area (Å²) in [4.78, 5) is 0. The van der Waals surface area contributed by atoms with Crippen LogP contribution in [0.5, 0.6) is 0 Å². The summed E-state index contributed by atoms with van der Waals surface area (Å²) < 4.78 is 6.08. The van der Waals surface area contributed by atoms with E-state index in [1.165, 1.54) is 18.4 Å². The summed E-state index contributed by atoms with van der Waals surface area (Å²) in [5.74, 6) is 0. The van der Waals surface area contributed by atoms with Gasteiger partial charge in [-0.05, 0) is 48.3 Å². The fourth-order valence-electron chi connectivity index (χ4n) is 3.70. The van der Waals surface area contributed by atoms with Crippen molar-refractivity contribution in [2.24, 2.45) is 5.41 Å². The predicted molar refractivity (Wildman–Crippen MR) is 97.5 cm³/mol. The van der Waals surface area contributed by atoms with Gasteiger partial charge >= 0.3 is 0 Å². The van der Waals surface area contributed by atoms with Crippen LogP contribution in [0.2, 0.25) is 10.0 Å². The summed E-state index contributed by atoms with van der Waals surface area (Å²) in [6.45, 7) is 8.53. The van der Waals surface area contributed by atoms with Crippen LogP contribution in [0.15, 0.2) is 12.1 Å². The zero-order chi connectivity index (χ0) is 16.7. The molecule has 4 heteroatoms. The van der Waals surface area contributed by atoms with Crippen LogP contribution in [0.25, 0.3) is 0 Å². The van der Waals surface area contributed by atoms with Crippen LogP contribution in [-0.4, -0.2) is 19.2 Å². The van der Waals surface area contributed by atoms with Crippen LogP contribution < -0.4 is 5.32 Å². The Labute approximate surface area is 149 Å². The second-order valence-corrected chi connectivity index (χ2v) is 9.07. The van der Waals surface area contributed by atoms with Crippen LogP contribution in [-0.2, 0) is 16.8 Å². The fraction of sp³-hybridized carbons (Fsp3) is 0.684. The van der Waals surface area contributed by atoms with Crippen LogP contribution in [0, 0.1) is 5.41 Å². The minimum atomic E-state index is -0.195. The number of benzene rings is 1. The Morgan fingerprint density at radius 2 is 2.04 bits per heavy atom. The van der Waals surface area contributed by atoms with E-state index in [0.717, 1.165) is 38.0 Å². The summed E-state index contributed by atoms with van der Waals surface area (Å²) >= 11 is 12.9. The number of hydrogen-bond acceptors (Lipinski definition) is 2. The number of ether oxygens (including phenoxy) is 1. The van der Waals surface area contributed by atoms with Gasteiger partial charge in [-0.15, -0.1) is 0 Å². The van der Waals surface area contributed by atoms with Gasteiger partial charge in [0, 0.05) is 12.6 Å². The van der Waals surface area contributed by atoms with Crippen LogP contribution in [0.3, 0.4) is 0 Å². The van der Waals surface area contributed by atoms with Crippen molar-refractivity contribution in [3.05, 3.63) is 33.3 Å². The summed E-state index contributed by atoms with van der Waals surface area (Å²) in [6.07, 6.45) is 5.61. The molecule has 0 amide bonds. The SMILES string of the molecule is CC(C)(C)CCCCc1cc(C23CNC(CO2)C3)cc(Cl)c1Cl. The fourth-order valence-corrected chi connectivity index (χ4v) is 4.15. The lowest BCUT2D eigenvalue weighted by atomic mass is 9.88. The van der Waals surface area contributed by atoms with Gasteiger partial charge in [-0.3, -0.25) is 0 Å². The average molecular weight is 356 g/mol. The van der Waals surface area contributed by atoms with Gasteiger partial charge in [0.2, 0.25) is 0 Å². The lowest BCUT2D eigenvalue weighted by molar-refractivity contribution is -0.00962. The van der Waals surface area contributed by atoms with E-state index in [0.29, 0.717) is 21.5 Å². The highest BCUT2D eigenvalue weighted by Crippen LogP contribution is 2.43. The van der Waals surface area contributed by atoms with Gasteiger partial charge in [0.05, 0.1) is 16.7 Å². The van der Waals surface area contributed by atoms with Crippen molar-refractivity contribution >= 4 is 23.2 Å². The van der Waals surface area contributed by atoms with E-state index >= 15 is 0 Å². The highest BCUT2D eigenvalue weighted by atomic mass is 35.5. The van der Waals surface area contributed by atoms with Crippen molar-refractivity contribution in [2.75, 3.05) is 13.2 Å². The zero-order valence-corrected chi connectivity index (χ0v) is 15.9. The third-order valence-electron chi connectivity index (χ3n) is 5.07. The van der Waals surface area contributed by atoms with Crippen molar-refractivity contribution in [3.63, 3.8) is 0 Å². The minimum Gasteiger partial charge on any atom is -0.367 e. The van der Waals surface area contributed by atoms with Crippen LogP contribution >= 0.6 is 23.2 Å². The third kappa shape index (κ3) is 3.87. The molecule has 0 spiro atoms. The third-order valence-corrected chi connectivity index (χ3v) is 5.91. The normalized spacial score (nSPS) is 26.9. The molecule has 2 saturated heterocycles. The Balaban J connectivity index is 1.73. The highest BCUT2D eigenvalue weighted by molar-refractivity contribution is 6.42. The Morgan fingerprint density at radius 1 is 1.26 bits per heavy atom. The van der Waals surface area contributed by atoms with Gasteiger partial charge in [-0.25, -0.2) is 0 Å². The lowest BCUT2D eigenvalue weighted by Gasteiger charge is -2.28. The van der Waals surface area contributed by atoms with E-state index in [1.54, 1.807) is 0 Å². The number of morpholine rings is 1. The number of hydrogen-bond donors (Lipinski definition) is 1. The molecular weight excluding hydrogens is 329 g/mol. The second kappa shape index (κ2) is 6.55. The molecule has 1 aromatic carbocycles. The van der Waals surface area contributed by atoms with Crippen molar-refractivity contribution in [1.29, 1.82) is 0 Å². The van der Waals surface area contributed by atoms with Gasteiger partial charge in [0.15, 0.2) is 0 Å². The summed E-state index contributed by atoms with van der Waals surface area (Å²) in [6, 6.07) is 4.71. The molecule has 1 aromatic rings. The molecule has 1 N–H and O–H groups in total. The van der Waals surface area contributed by atoms with Crippen molar-refractivity contribution in [1.82, 2.24) is 5.32 Å².